The smallest absolute Gasteiger partial charge is 0.263 e. The molecule has 0 saturated carbocycles. The third-order valence-electron chi connectivity index (χ3n) is 6.67. The highest BCUT2D eigenvalue weighted by Crippen LogP contribution is 2.34. The molecule has 2 aliphatic rings. The molecule has 3 aromatic rings. The van der Waals surface area contributed by atoms with Crippen LogP contribution in [0.1, 0.15) is 48.8 Å². The van der Waals surface area contributed by atoms with Crippen LogP contribution >= 0.6 is 23.1 Å². The zero-order valence-corrected chi connectivity index (χ0v) is 20.6. The second-order valence-corrected chi connectivity index (χ2v) is 10.8. The number of thioether (sulfide) groups is 1. The second-order valence-electron chi connectivity index (χ2n) is 8.82. The molecule has 9 heteroatoms. The summed E-state index contributed by atoms with van der Waals surface area (Å²) in [5, 5.41) is 4.52. The number of likely N-dealkylation sites (tertiary alicyclic amines) is 1. The number of carbonyl (C=O) groups is 1. The van der Waals surface area contributed by atoms with Crippen LogP contribution in [0.5, 0.6) is 0 Å². The van der Waals surface area contributed by atoms with Gasteiger partial charge in [-0.05, 0) is 62.8 Å². The molecule has 1 aliphatic heterocycles. The topological polar surface area (TPSA) is 80.4 Å². The van der Waals surface area contributed by atoms with Crippen molar-refractivity contribution in [3.05, 3.63) is 45.0 Å². The number of aromatic nitrogens is 2. The van der Waals surface area contributed by atoms with E-state index in [2.05, 4.69) is 17.1 Å². The van der Waals surface area contributed by atoms with E-state index in [1.54, 1.807) is 22.2 Å². The monoisotopic (exact) mass is 486 g/mol. The first kappa shape index (κ1) is 22.7. The zero-order chi connectivity index (χ0) is 22.8. The number of carbonyl (C=O) groups excluding carboxylic acids is 1. The minimum absolute atomic E-state index is 0.000632. The summed E-state index contributed by atoms with van der Waals surface area (Å²) in [7, 11) is 0. The number of hydrogen-bond acceptors (Lipinski definition) is 7. The Bertz CT molecular complexity index is 1180. The van der Waals surface area contributed by atoms with Gasteiger partial charge in [-0.2, -0.15) is 0 Å². The molecule has 33 heavy (non-hydrogen) atoms. The summed E-state index contributed by atoms with van der Waals surface area (Å²) in [4.78, 5) is 35.7. The molecular formula is C24H30N4O3S2. The summed E-state index contributed by atoms with van der Waals surface area (Å²) in [6.45, 7) is 5.60. The van der Waals surface area contributed by atoms with Crippen LogP contribution in [0, 0.1) is 0 Å². The average molecular weight is 487 g/mol. The number of nitrogens with zero attached hydrogens (tertiary/aromatic N) is 3. The summed E-state index contributed by atoms with van der Waals surface area (Å²) < 4.78 is 7.20. The standard InChI is InChI=1S/C24H30N4O3S2/c1-2-27-11-9-16(10-12-27)25-20(29)15-32-24-26-22-21(18-7-3-4-8-19(18)33-22)23(30)28(24)14-17-6-5-13-31-17/h5-6,13,16H,2-4,7-12,14-15H2,1H3,(H,25,29). The summed E-state index contributed by atoms with van der Waals surface area (Å²) in [5.74, 6) is 0.950. The molecule has 0 atom stereocenters. The number of rotatable bonds is 7. The van der Waals surface area contributed by atoms with Crippen LogP contribution < -0.4 is 10.9 Å². The van der Waals surface area contributed by atoms with Gasteiger partial charge in [0.15, 0.2) is 5.16 Å². The lowest BCUT2D eigenvalue weighted by molar-refractivity contribution is -0.119. The van der Waals surface area contributed by atoms with E-state index in [1.807, 2.05) is 12.1 Å². The van der Waals surface area contributed by atoms with Gasteiger partial charge in [-0.3, -0.25) is 14.2 Å². The number of hydrogen-bond donors (Lipinski definition) is 1. The lowest BCUT2D eigenvalue weighted by Gasteiger charge is -2.31. The summed E-state index contributed by atoms with van der Waals surface area (Å²) in [6.07, 6.45) is 7.83. The van der Waals surface area contributed by atoms with Crippen molar-refractivity contribution in [3.8, 4) is 0 Å². The fraction of sp³-hybridized carbons (Fsp3) is 0.542. The lowest BCUT2D eigenvalue weighted by atomic mass is 9.97. The first-order valence-electron chi connectivity index (χ1n) is 11.8. The number of thiophene rings is 1. The van der Waals surface area contributed by atoms with E-state index < -0.39 is 0 Å². The van der Waals surface area contributed by atoms with Crippen LogP contribution in [-0.4, -0.2) is 51.8 Å². The average Bonchev–Trinajstić information content (AvgIpc) is 3.47. The van der Waals surface area contributed by atoms with Gasteiger partial charge in [0.2, 0.25) is 5.91 Å². The lowest BCUT2D eigenvalue weighted by Crippen LogP contribution is -2.45. The maximum atomic E-state index is 13.6. The normalized spacial score (nSPS) is 17.4. The van der Waals surface area contributed by atoms with Crippen LogP contribution in [0.25, 0.3) is 10.2 Å². The van der Waals surface area contributed by atoms with Crippen molar-refractivity contribution in [3.63, 3.8) is 0 Å². The fourth-order valence-corrected chi connectivity index (χ4v) is 6.93. The maximum absolute atomic E-state index is 13.6. The Kier molecular flexibility index (Phi) is 6.89. The van der Waals surface area contributed by atoms with Crippen molar-refractivity contribution in [1.29, 1.82) is 0 Å². The van der Waals surface area contributed by atoms with Gasteiger partial charge in [0.1, 0.15) is 10.6 Å². The zero-order valence-electron chi connectivity index (χ0n) is 19.0. The molecular weight excluding hydrogens is 456 g/mol. The number of fused-ring (bicyclic) bond motifs is 3. The van der Waals surface area contributed by atoms with Gasteiger partial charge < -0.3 is 14.6 Å². The van der Waals surface area contributed by atoms with Gasteiger partial charge in [-0.25, -0.2) is 4.98 Å². The van der Waals surface area contributed by atoms with Crippen LogP contribution in [0.2, 0.25) is 0 Å². The Balaban J connectivity index is 1.37. The van der Waals surface area contributed by atoms with E-state index in [0.717, 1.165) is 62.0 Å². The number of furan rings is 1. The van der Waals surface area contributed by atoms with Crippen molar-refractivity contribution in [2.45, 2.75) is 63.2 Å². The molecule has 0 radical (unpaired) electrons. The minimum atomic E-state index is -0.0226. The first-order valence-corrected chi connectivity index (χ1v) is 13.6. The highest BCUT2D eigenvalue weighted by Gasteiger charge is 2.24. The number of piperidine rings is 1. The molecule has 0 unspecified atom stereocenters. The summed E-state index contributed by atoms with van der Waals surface area (Å²) in [5.41, 5.74) is 1.16. The Hall–Kier alpha value is -2.10. The SMILES string of the molecule is CCN1CCC(NC(=O)CSc2nc3sc4c(c3c(=O)n2Cc2ccco2)CCCC4)CC1. The molecule has 1 saturated heterocycles. The van der Waals surface area contributed by atoms with Crippen molar-refractivity contribution < 1.29 is 9.21 Å². The minimum Gasteiger partial charge on any atom is -0.467 e. The van der Waals surface area contributed by atoms with Crippen LogP contribution in [0.4, 0.5) is 0 Å². The van der Waals surface area contributed by atoms with Crippen molar-refractivity contribution in [1.82, 2.24) is 19.8 Å². The second kappa shape index (κ2) is 10.0. The largest absolute Gasteiger partial charge is 0.467 e. The number of aryl methyl sites for hydroxylation is 2. The Morgan fingerprint density at radius 2 is 2.12 bits per heavy atom. The highest BCUT2D eigenvalue weighted by atomic mass is 32.2. The Morgan fingerprint density at radius 3 is 2.88 bits per heavy atom. The maximum Gasteiger partial charge on any atom is 0.263 e. The third-order valence-corrected chi connectivity index (χ3v) is 8.83. The van der Waals surface area contributed by atoms with Crippen molar-refractivity contribution in [2.75, 3.05) is 25.4 Å². The predicted molar refractivity (Wildman–Crippen MR) is 132 cm³/mol. The van der Waals surface area contributed by atoms with Crippen molar-refractivity contribution in [2.24, 2.45) is 0 Å². The van der Waals surface area contributed by atoms with Crippen LogP contribution in [-0.2, 0) is 24.2 Å². The van der Waals surface area contributed by atoms with E-state index in [-0.39, 0.29) is 23.3 Å². The Morgan fingerprint density at radius 1 is 1.30 bits per heavy atom. The van der Waals surface area contributed by atoms with Gasteiger partial charge in [0.05, 0.1) is 23.9 Å². The van der Waals surface area contributed by atoms with Gasteiger partial charge in [-0.15, -0.1) is 11.3 Å². The molecule has 4 heterocycles. The molecule has 176 valence electrons. The molecule has 5 rings (SSSR count). The van der Waals surface area contributed by atoms with E-state index in [4.69, 9.17) is 9.40 Å². The molecule has 0 bridgehead atoms. The van der Waals surface area contributed by atoms with E-state index in [0.29, 0.717) is 17.5 Å². The Labute approximate surface area is 201 Å². The fourth-order valence-electron chi connectivity index (χ4n) is 4.82. The molecule has 0 aromatic carbocycles. The highest BCUT2D eigenvalue weighted by molar-refractivity contribution is 7.99. The van der Waals surface area contributed by atoms with Crippen molar-refractivity contribution >= 4 is 39.2 Å². The molecule has 1 amide bonds. The molecule has 1 N–H and O–H groups in total. The molecule has 1 fully saturated rings. The molecule has 7 nitrogen and oxygen atoms in total. The molecule has 3 aromatic heterocycles. The van der Waals surface area contributed by atoms with Gasteiger partial charge in [0, 0.05) is 24.0 Å². The third kappa shape index (κ3) is 4.90. The quantitative estimate of drug-likeness (QED) is 0.405. The number of nitrogens with one attached hydrogen (secondary N) is 1. The van der Waals surface area contributed by atoms with E-state index in [1.165, 1.54) is 28.6 Å². The van der Waals surface area contributed by atoms with Crippen LogP contribution in [0.3, 0.4) is 0 Å². The van der Waals surface area contributed by atoms with Gasteiger partial charge in [-0.1, -0.05) is 18.7 Å². The number of amides is 1. The van der Waals surface area contributed by atoms with E-state index >= 15 is 0 Å². The van der Waals surface area contributed by atoms with E-state index in [9.17, 15) is 9.59 Å². The summed E-state index contributed by atoms with van der Waals surface area (Å²) >= 11 is 2.98. The predicted octanol–water partition coefficient (Wildman–Crippen LogP) is 3.67. The van der Waals surface area contributed by atoms with Crippen LogP contribution in [0.15, 0.2) is 32.8 Å². The molecule has 1 aliphatic carbocycles. The van der Waals surface area contributed by atoms with Gasteiger partial charge in [0.25, 0.3) is 5.56 Å². The summed E-state index contributed by atoms with van der Waals surface area (Å²) in [6, 6.07) is 3.91. The first-order chi connectivity index (χ1) is 16.1. The van der Waals surface area contributed by atoms with Gasteiger partial charge >= 0.3 is 0 Å². The molecule has 0 spiro atoms.